The first kappa shape index (κ1) is 16.1. The van der Waals surface area contributed by atoms with Crippen LogP contribution < -0.4 is 10.5 Å². The van der Waals surface area contributed by atoms with Gasteiger partial charge in [0.05, 0.1) is 7.11 Å². The highest BCUT2D eigenvalue weighted by atomic mass is 16.5. The normalized spacial score (nSPS) is 10.6. The van der Waals surface area contributed by atoms with Crippen molar-refractivity contribution in [1.29, 1.82) is 0 Å². The van der Waals surface area contributed by atoms with Gasteiger partial charge in [0, 0.05) is 11.1 Å². The van der Waals surface area contributed by atoms with E-state index in [0.29, 0.717) is 5.76 Å². The summed E-state index contributed by atoms with van der Waals surface area (Å²) in [6.45, 7) is 2.16. The van der Waals surface area contributed by atoms with Gasteiger partial charge in [-0.2, -0.15) is 0 Å². The van der Waals surface area contributed by atoms with Crippen LogP contribution in [0.15, 0.2) is 28.8 Å². The van der Waals surface area contributed by atoms with Crippen LogP contribution in [-0.2, 0) is 6.42 Å². The van der Waals surface area contributed by atoms with Crippen molar-refractivity contribution < 1.29 is 14.1 Å². The van der Waals surface area contributed by atoms with Crippen LogP contribution in [0.5, 0.6) is 5.75 Å². The summed E-state index contributed by atoms with van der Waals surface area (Å²) in [6, 6.07) is 7.48. The highest BCUT2D eigenvalue weighted by Crippen LogP contribution is 2.29. The molecule has 0 saturated heterocycles. The Bertz CT molecular complexity index is 617. The average molecular weight is 302 g/mol. The van der Waals surface area contributed by atoms with Gasteiger partial charge < -0.3 is 15.0 Å². The first-order valence-corrected chi connectivity index (χ1v) is 7.60. The Hall–Kier alpha value is -2.30. The van der Waals surface area contributed by atoms with Crippen molar-refractivity contribution in [1.82, 2.24) is 5.16 Å². The third-order valence-electron chi connectivity index (χ3n) is 3.65. The van der Waals surface area contributed by atoms with Crippen molar-refractivity contribution in [2.75, 3.05) is 7.11 Å². The molecule has 1 amide bonds. The highest BCUT2D eigenvalue weighted by Gasteiger charge is 2.20. The van der Waals surface area contributed by atoms with Crippen LogP contribution in [0.25, 0.3) is 11.3 Å². The molecule has 1 aromatic heterocycles. The summed E-state index contributed by atoms with van der Waals surface area (Å²) in [6.07, 6.45) is 5.18. The molecule has 1 heterocycles. The minimum absolute atomic E-state index is 0.238. The van der Waals surface area contributed by atoms with Crippen molar-refractivity contribution in [3.05, 3.63) is 35.5 Å². The van der Waals surface area contributed by atoms with E-state index in [1.165, 1.54) is 6.42 Å². The molecule has 118 valence electrons. The Kier molecular flexibility index (Phi) is 5.58. The first-order valence-electron chi connectivity index (χ1n) is 7.60. The molecule has 0 saturated carbocycles. The maximum atomic E-state index is 11.5. The zero-order valence-corrected chi connectivity index (χ0v) is 13.1. The predicted molar refractivity (Wildman–Crippen MR) is 84.9 cm³/mol. The van der Waals surface area contributed by atoms with Gasteiger partial charge in [-0.3, -0.25) is 4.79 Å². The maximum absolute atomic E-state index is 11.5. The lowest BCUT2D eigenvalue weighted by Crippen LogP contribution is -2.13. The summed E-state index contributed by atoms with van der Waals surface area (Å²) in [5, 5.41) is 3.85. The third kappa shape index (κ3) is 3.67. The van der Waals surface area contributed by atoms with Crippen LogP contribution in [0, 0.1) is 0 Å². The Labute approximate surface area is 130 Å². The Balaban J connectivity index is 2.27. The van der Waals surface area contributed by atoms with Gasteiger partial charge in [-0.05, 0) is 37.1 Å². The Morgan fingerprint density at radius 1 is 1.23 bits per heavy atom. The van der Waals surface area contributed by atoms with Crippen molar-refractivity contribution in [2.24, 2.45) is 5.73 Å². The number of methoxy groups -OCH3 is 1. The molecule has 1 aromatic carbocycles. The number of carbonyl (C=O) groups is 1. The lowest BCUT2D eigenvalue weighted by atomic mass is 10.0. The number of unbranched alkanes of at least 4 members (excludes halogenated alkanes) is 3. The number of rotatable bonds is 8. The standard InChI is InChI=1S/C17H22N2O3/c1-3-4-5-6-7-14-15(17(18)20)19-22-16(14)12-8-10-13(21-2)11-9-12/h8-11H,3-7H2,1-2H3,(H2,18,20). The molecule has 0 unspecified atom stereocenters. The number of nitrogens with zero attached hydrogens (tertiary/aromatic N) is 1. The van der Waals surface area contributed by atoms with Crippen molar-refractivity contribution in [3.8, 4) is 17.1 Å². The summed E-state index contributed by atoms with van der Waals surface area (Å²) in [4.78, 5) is 11.5. The number of primary amides is 1. The molecule has 0 aliphatic carbocycles. The van der Waals surface area contributed by atoms with Crippen LogP contribution in [0.1, 0.15) is 48.7 Å². The zero-order chi connectivity index (χ0) is 15.9. The third-order valence-corrected chi connectivity index (χ3v) is 3.65. The van der Waals surface area contributed by atoms with Crippen LogP contribution in [-0.4, -0.2) is 18.2 Å². The minimum atomic E-state index is -0.547. The lowest BCUT2D eigenvalue weighted by molar-refractivity contribution is 0.0991. The molecule has 0 atom stereocenters. The number of amides is 1. The molecule has 0 bridgehead atoms. The molecular formula is C17H22N2O3. The highest BCUT2D eigenvalue weighted by molar-refractivity contribution is 5.93. The number of hydrogen-bond donors (Lipinski definition) is 1. The van der Waals surface area contributed by atoms with Gasteiger partial charge in [-0.1, -0.05) is 31.3 Å². The quantitative estimate of drug-likeness (QED) is 0.756. The van der Waals surface area contributed by atoms with Crippen molar-refractivity contribution in [2.45, 2.75) is 39.0 Å². The van der Waals surface area contributed by atoms with Crippen LogP contribution in [0.3, 0.4) is 0 Å². The number of carbonyl (C=O) groups excluding carboxylic acids is 1. The summed E-state index contributed by atoms with van der Waals surface area (Å²) in [5.41, 5.74) is 7.31. The van der Waals surface area contributed by atoms with Gasteiger partial charge in [0.15, 0.2) is 11.5 Å². The fourth-order valence-electron chi connectivity index (χ4n) is 2.43. The SMILES string of the molecule is CCCCCCc1c(C(N)=O)noc1-c1ccc(OC)cc1. The van der Waals surface area contributed by atoms with Gasteiger partial charge in [0.2, 0.25) is 0 Å². The molecular weight excluding hydrogens is 280 g/mol. The van der Waals surface area contributed by atoms with E-state index >= 15 is 0 Å². The lowest BCUT2D eigenvalue weighted by Gasteiger charge is -2.04. The molecule has 2 rings (SSSR count). The maximum Gasteiger partial charge on any atom is 0.271 e. The molecule has 0 aliphatic heterocycles. The number of aromatic nitrogens is 1. The molecule has 22 heavy (non-hydrogen) atoms. The summed E-state index contributed by atoms with van der Waals surface area (Å²) >= 11 is 0. The summed E-state index contributed by atoms with van der Waals surface area (Å²) in [5.74, 6) is 0.838. The second-order valence-corrected chi connectivity index (χ2v) is 5.24. The van der Waals surface area contributed by atoms with E-state index in [0.717, 1.165) is 42.6 Å². The van der Waals surface area contributed by atoms with Crippen LogP contribution in [0.4, 0.5) is 0 Å². The average Bonchev–Trinajstić information content (AvgIpc) is 2.95. The topological polar surface area (TPSA) is 78.4 Å². The van der Waals surface area contributed by atoms with Gasteiger partial charge in [0.1, 0.15) is 5.75 Å². The number of ether oxygens (including phenoxy) is 1. The summed E-state index contributed by atoms with van der Waals surface area (Å²) < 4.78 is 10.5. The van der Waals surface area contributed by atoms with Gasteiger partial charge in [0.25, 0.3) is 5.91 Å². The number of nitrogens with two attached hydrogens (primary N) is 1. The molecule has 5 nitrogen and oxygen atoms in total. The smallest absolute Gasteiger partial charge is 0.271 e. The second-order valence-electron chi connectivity index (χ2n) is 5.24. The Morgan fingerprint density at radius 3 is 2.55 bits per heavy atom. The van der Waals surface area contributed by atoms with Gasteiger partial charge in [-0.15, -0.1) is 0 Å². The Morgan fingerprint density at radius 2 is 1.95 bits per heavy atom. The molecule has 5 heteroatoms. The van der Waals surface area contributed by atoms with Gasteiger partial charge in [-0.25, -0.2) is 0 Å². The summed E-state index contributed by atoms with van der Waals surface area (Å²) in [7, 11) is 1.62. The second kappa shape index (κ2) is 7.64. The largest absolute Gasteiger partial charge is 0.497 e. The monoisotopic (exact) mass is 302 g/mol. The van der Waals surface area contributed by atoms with E-state index in [2.05, 4.69) is 12.1 Å². The number of hydrogen-bond acceptors (Lipinski definition) is 4. The van der Waals surface area contributed by atoms with E-state index < -0.39 is 5.91 Å². The number of benzene rings is 1. The van der Waals surface area contributed by atoms with Crippen molar-refractivity contribution in [3.63, 3.8) is 0 Å². The van der Waals surface area contributed by atoms with Crippen LogP contribution in [0.2, 0.25) is 0 Å². The van der Waals surface area contributed by atoms with Gasteiger partial charge >= 0.3 is 0 Å². The molecule has 0 radical (unpaired) electrons. The minimum Gasteiger partial charge on any atom is -0.497 e. The van der Waals surface area contributed by atoms with E-state index in [1.807, 2.05) is 24.3 Å². The van der Waals surface area contributed by atoms with E-state index in [1.54, 1.807) is 7.11 Å². The van der Waals surface area contributed by atoms with E-state index in [9.17, 15) is 4.79 Å². The molecule has 0 fully saturated rings. The first-order chi connectivity index (χ1) is 10.7. The van der Waals surface area contributed by atoms with Crippen molar-refractivity contribution >= 4 is 5.91 Å². The zero-order valence-electron chi connectivity index (χ0n) is 13.1. The fraction of sp³-hybridized carbons (Fsp3) is 0.412. The molecule has 2 N–H and O–H groups in total. The molecule has 0 aliphatic rings. The van der Waals surface area contributed by atoms with E-state index in [-0.39, 0.29) is 5.69 Å². The van der Waals surface area contributed by atoms with Crippen LogP contribution >= 0.6 is 0 Å². The molecule has 0 spiro atoms. The molecule has 2 aromatic rings. The predicted octanol–water partition coefficient (Wildman–Crippen LogP) is 3.57. The van der Waals surface area contributed by atoms with E-state index in [4.69, 9.17) is 15.0 Å². The fourth-order valence-corrected chi connectivity index (χ4v) is 2.43.